The molecule has 0 aromatic carbocycles. The second kappa shape index (κ2) is 6.18. The van der Waals surface area contributed by atoms with Crippen molar-refractivity contribution in [3.63, 3.8) is 0 Å². The van der Waals surface area contributed by atoms with Crippen molar-refractivity contribution in [2.45, 2.75) is 44.6 Å². The number of hydrogen-bond donors (Lipinski definition) is 1. The van der Waals surface area contributed by atoms with E-state index in [1.54, 1.807) is 0 Å². The zero-order valence-corrected chi connectivity index (χ0v) is 10.6. The summed E-state index contributed by atoms with van der Waals surface area (Å²) in [5, 5.41) is 8.47. The molecule has 5 nitrogen and oxygen atoms in total. The smallest absolute Gasteiger partial charge is 0.329 e. The van der Waals surface area contributed by atoms with Crippen LogP contribution in [0.3, 0.4) is 0 Å². The maximum Gasteiger partial charge on any atom is 0.329 e. The topological polar surface area (TPSA) is 66.8 Å². The lowest BCUT2D eigenvalue weighted by molar-refractivity contribution is -0.148. The summed E-state index contributed by atoms with van der Waals surface area (Å²) in [7, 11) is 0. The van der Waals surface area contributed by atoms with Gasteiger partial charge in [0.15, 0.2) is 0 Å². The van der Waals surface area contributed by atoms with Crippen molar-refractivity contribution < 1.29 is 19.4 Å². The van der Waals surface area contributed by atoms with Gasteiger partial charge in [0, 0.05) is 12.6 Å². The predicted molar refractivity (Wildman–Crippen MR) is 65.1 cm³/mol. The minimum absolute atomic E-state index is 0.0483. The molecule has 0 spiro atoms. The minimum atomic E-state index is -1.03. The van der Waals surface area contributed by atoms with Crippen LogP contribution in [0.2, 0.25) is 0 Å². The van der Waals surface area contributed by atoms with Gasteiger partial charge in [-0.25, -0.2) is 4.79 Å². The molecule has 0 aromatic rings. The highest BCUT2D eigenvalue weighted by Gasteiger charge is 2.35. The number of hydrogen-bond acceptors (Lipinski definition) is 3. The third kappa shape index (κ3) is 3.22. The molecule has 102 valence electrons. The van der Waals surface area contributed by atoms with Crippen molar-refractivity contribution in [1.29, 1.82) is 0 Å². The van der Waals surface area contributed by atoms with Crippen molar-refractivity contribution in [3.8, 4) is 0 Å². The SMILES string of the molecule is O=C(O)COCC(=O)N1CCCC2CCCCC21. The van der Waals surface area contributed by atoms with E-state index in [1.165, 1.54) is 25.7 Å². The van der Waals surface area contributed by atoms with Crippen LogP contribution in [0.25, 0.3) is 0 Å². The highest BCUT2D eigenvalue weighted by Crippen LogP contribution is 2.35. The molecule has 2 rings (SSSR count). The lowest BCUT2D eigenvalue weighted by Crippen LogP contribution is -2.50. The molecule has 1 saturated heterocycles. The van der Waals surface area contributed by atoms with E-state index in [2.05, 4.69) is 0 Å². The first kappa shape index (κ1) is 13.3. The first-order valence-electron chi connectivity index (χ1n) is 6.77. The van der Waals surface area contributed by atoms with E-state index in [9.17, 15) is 9.59 Å². The van der Waals surface area contributed by atoms with Crippen molar-refractivity contribution in [1.82, 2.24) is 4.90 Å². The Kier molecular flexibility index (Phi) is 4.58. The summed E-state index contributed by atoms with van der Waals surface area (Å²) in [6.07, 6.45) is 7.08. The van der Waals surface area contributed by atoms with Gasteiger partial charge in [-0.05, 0) is 31.6 Å². The van der Waals surface area contributed by atoms with Crippen LogP contribution in [0, 0.1) is 5.92 Å². The quantitative estimate of drug-likeness (QED) is 0.821. The molecule has 5 heteroatoms. The van der Waals surface area contributed by atoms with Gasteiger partial charge in [-0.3, -0.25) is 4.79 Å². The largest absolute Gasteiger partial charge is 0.480 e. The number of likely N-dealkylation sites (tertiary alicyclic amines) is 1. The van der Waals surface area contributed by atoms with Crippen LogP contribution in [0.5, 0.6) is 0 Å². The molecule has 2 fully saturated rings. The van der Waals surface area contributed by atoms with E-state index in [1.807, 2.05) is 4.90 Å². The summed E-state index contributed by atoms with van der Waals surface area (Å²) in [4.78, 5) is 24.3. The number of aliphatic carboxylic acids is 1. The van der Waals surface area contributed by atoms with Crippen LogP contribution in [-0.2, 0) is 14.3 Å². The first-order valence-corrected chi connectivity index (χ1v) is 6.77. The Morgan fingerprint density at radius 1 is 1.11 bits per heavy atom. The summed E-state index contributed by atoms with van der Waals surface area (Å²) in [5.41, 5.74) is 0. The van der Waals surface area contributed by atoms with E-state index < -0.39 is 12.6 Å². The lowest BCUT2D eigenvalue weighted by atomic mass is 9.78. The number of fused-ring (bicyclic) bond motifs is 1. The van der Waals surface area contributed by atoms with Gasteiger partial charge in [0.05, 0.1) is 0 Å². The highest BCUT2D eigenvalue weighted by atomic mass is 16.5. The van der Waals surface area contributed by atoms with Crippen molar-refractivity contribution >= 4 is 11.9 Å². The lowest BCUT2D eigenvalue weighted by Gasteiger charge is -2.44. The zero-order chi connectivity index (χ0) is 13.0. The Bertz CT molecular complexity index is 316. The average molecular weight is 255 g/mol. The third-order valence-electron chi connectivity index (χ3n) is 4.01. The van der Waals surface area contributed by atoms with E-state index in [0.717, 1.165) is 19.4 Å². The summed E-state index contributed by atoms with van der Waals surface area (Å²) in [5.74, 6) is -0.430. The van der Waals surface area contributed by atoms with Gasteiger partial charge in [0.25, 0.3) is 0 Å². The standard InChI is InChI=1S/C13H21NO4/c15-12(8-18-9-13(16)17)14-7-3-5-10-4-1-2-6-11(10)14/h10-11H,1-9H2,(H,16,17). The number of rotatable bonds is 4. The fraction of sp³-hybridized carbons (Fsp3) is 0.846. The molecule has 0 bridgehead atoms. The molecule has 0 aromatic heterocycles. The maximum atomic E-state index is 12.0. The van der Waals surface area contributed by atoms with E-state index >= 15 is 0 Å². The summed E-state index contributed by atoms with van der Waals surface area (Å²) in [6, 6.07) is 0.369. The van der Waals surface area contributed by atoms with E-state index in [0.29, 0.717) is 12.0 Å². The number of piperidine rings is 1. The molecule has 2 aliphatic rings. The fourth-order valence-corrected chi connectivity index (χ4v) is 3.24. The third-order valence-corrected chi connectivity index (χ3v) is 4.01. The first-order chi connectivity index (χ1) is 8.68. The average Bonchev–Trinajstić information content (AvgIpc) is 2.37. The fourth-order valence-electron chi connectivity index (χ4n) is 3.24. The number of carboxylic acids is 1. The van der Waals surface area contributed by atoms with Crippen molar-refractivity contribution in [2.24, 2.45) is 5.92 Å². The summed E-state index contributed by atoms with van der Waals surface area (Å²) < 4.78 is 4.90. The van der Waals surface area contributed by atoms with Gasteiger partial charge in [-0.2, -0.15) is 0 Å². The second-order valence-electron chi connectivity index (χ2n) is 5.23. The van der Waals surface area contributed by atoms with Crippen LogP contribution < -0.4 is 0 Å². The van der Waals surface area contributed by atoms with E-state index in [-0.39, 0.29) is 12.5 Å². The molecule has 0 radical (unpaired) electrons. The minimum Gasteiger partial charge on any atom is -0.480 e. The van der Waals surface area contributed by atoms with Gasteiger partial charge in [0.2, 0.25) is 5.91 Å². The Labute approximate surface area is 107 Å². The molecule has 2 unspecified atom stereocenters. The molecule has 1 aliphatic carbocycles. The Morgan fingerprint density at radius 3 is 2.61 bits per heavy atom. The van der Waals surface area contributed by atoms with Crippen LogP contribution >= 0.6 is 0 Å². The second-order valence-corrected chi connectivity index (χ2v) is 5.23. The Morgan fingerprint density at radius 2 is 1.83 bits per heavy atom. The molecular weight excluding hydrogens is 234 g/mol. The molecule has 1 heterocycles. The predicted octanol–water partition coefficient (Wildman–Crippen LogP) is 1.27. The molecule has 2 atom stereocenters. The van der Waals surface area contributed by atoms with Crippen LogP contribution in [0.15, 0.2) is 0 Å². The van der Waals surface area contributed by atoms with Crippen molar-refractivity contribution in [3.05, 3.63) is 0 Å². The normalized spacial score (nSPS) is 27.7. The molecule has 18 heavy (non-hydrogen) atoms. The molecule has 1 amide bonds. The zero-order valence-electron chi connectivity index (χ0n) is 10.6. The van der Waals surface area contributed by atoms with Gasteiger partial charge < -0.3 is 14.7 Å². The van der Waals surface area contributed by atoms with Gasteiger partial charge in [0.1, 0.15) is 13.2 Å². The number of carbonyl (C=O) groups is 2. The van der Waals surface area contributed by atoms with Gasteiger partial charge in [-0.1, -0.05) is 12.8 Å². The monoisotopic (exact) mass is 255 g/mol. The molecular formula is C13H21NO4. The molecule has 1 aliphatic heterocycles. The van der Waals surface area contributed by atoms with Crippen LogP contribution in [-0.4, -0.2) is 47.7 Å². The van der Waals surface area contributed by atoms with Crippen LogP contribution in [0.4, 0.5) is 0 Å². The highest BCUT2D eigenvalue weighted by molar-refractivity contribution is 5.78. The molecule has 1 N–H and O–H groups in total. The number of carboxylic acid groups (broad SMARTS) is 1. The van der Waals surface area contributed by atoms with Gasteiger partial charge in [-0.15, -0.1) is 0 Å². The van der Waals surface area contributed by atoms with Crippen molar-refractivity contribution in [2.75, 3.05) is 19.8 Å². The Balaban J connectivity index is 1.85. The number of nitrogens with zero attached hydrogens (tertiary/aromatic N) is 1. The van der Waals surface area contributed by atoms with Crippen LogP contribution in [0.1, 0.15) is 38.5 Å². The number of carbonyl (C=O) groups excluding carboxylic acids is 1. The Hall–Kier alpha value is -1.10. The number of ether oxygens (including phenoxy) is 1. The van der Waals surface area contributed by atoms with E-state index in [4.69, 9.17) is 9.84 Å². The number of amides is 1. The summed E-state index contributed by atoms with van der Waals surface area (Å²) in [6.45, 7) is 0.305. The van der Waals surface area contributed by atoms with Gasteiger partial charge >= 0.3 is 5.97 Å². The maximum absolute atomic E-state index is 12.0. The summed E-state index contributed by atoms with van der Waals surface area (Å²) >= 11 is 0. The molecule has 1 saturated carbocycles.